The van der Waals surface area contributed by atoms with Crippen LogP contribution in [0.5, 0.6) is 0 Å². The molecule has 0 aromatic heterocycles. The van der Waals surface area contributed by atoms with Gasteiger partial charge in [-0.2, -0.15) is 0 Å². The molecule has 0 spiro atoms. The van der Waals surface area contributed by atoms with E-state index in [1.807, 2.05) is 43.0 Å². The molecule has 1 fully saturated rings. The van der Waals surface area contributed by atoms with Gasteiger partial charge in [-0.15, -0.1) is 0 Å². The first kappa shape index (κ1) is 23.5. The lowest BCUT2D eigenvalue weighted by molar-refractivity contribution is -0.133. The first-order valence-electron chi connectivity index (χ1n) is 10.9. The Kier molecular flexibility index (Phi) is 8.00. The van der Waals surface area contributed by atoms with Crippen LogP contribution in [0, 0.1) is 6.92 Å². The van der Waals surface area contributed by atoms with E-state index in [9.17, 15) is 14.4 Å². The Bertz CT molecular complexity index is 950. The van der Waals surface area contributed by atoms with Crippen molar-refractivity contribution < 1.29 is 19.1 Å². The second-order valence-electron chi connectivity index (χ2n) is 8.10. The van der Waals surface area contributed by atoms with Gasteiger partial charge in [0.1, 0.15) is 0 Å². The maximum atomic E-state index is 12.7. The van der Waals surface area contributed by atoms with Gasteiger partial charge in [0.25, 0.3) is 0 Å². The number of rotatable bonds is 7. The molecule has 1 aliphatic heterocycles. The van der Waals surface area contributed by atoms with Crippen LogP contribution in [0.15, 0.2) is 48.5 Å². The summed E-state index contributed by atoms with van der Waals surface area (Å²) in [5.74, 6) is -0.307. The third kappa shape index (κ3) is 5.95. The Balaban J connectivity index is 1.44. The lowest BCUT2D eigenvalue weighted by Gasteiger charge is -2.37. The molecule has 1 heterocycles. The summed E-state index contributed by atoms with van der Waals surface area (Å²) in [5, 5.41) is 2.95. The smallest absolute Gasteiger partial charge is 0.337 e. The van der Waals surface area contributed by atoms with Gasteiger partial charge < -0.3 is 15.0 Å². The van der Waals surface area contributed by atoms with Crippen LogP contribution in [0.25, 0.3) is 0 Å². The molecule has 170 valence electrons. The number of hydrogen-bond donors (Lipinski definition) is 1. The van der Waals surface area contributed by atoms with Crippen LogP contribution < -0.4 is 5.32 Å². The molecule has 2 aromatic carbocycles. The minimum atomic E-state index is -0.384. The number of carbonyl (C=O) groups excluding carboxylic acids is 3. The number of aryl methyl sites for hydroxylation is 1. The quantitative estimate of drug-likeness (QED) is 0.672. The summed E-state index contributed by atoms with van der Waals surface area (Å²) in [7, 11) is 1.35. The Morgan fingerprint density at radius 2 is 1.66 bits per heavy atom. The van der Waals surface area contributed by atoms with E-state index in [4.69, 9.17) is 4.74 Å². The molecule has 0 saturated carbocycles. The molecule has 1 atom stereocenters. The molecule has 1 saturated heterocycles. The number of nitrogens with one attached hydrogen (secondary N) is 1. The van der Waals surface area contributed by atoms with Gasteiger partial charge in [-0.05, 0) is 42.7 Å². The number of esters is 1. The first-order valence-corrected chi connectivity index (χ1v) is 10.9. The molecule has 2 amide bonds. The summed E-state index contributed by atoms with van der Waals surface area (Å²) >= 11 is 0. The maximum absolute atomic E-state index is 12.7. The van der Waals surface area contributed by atoms with Gasteiger partial charge in [0.05, 0.1) is 25.1 Å². The van der Waals surface area contributed by atoms with E-state index in [-0.39, 0.29) is 23.8 Å². The Morgan fingerprint density at radius 1 is 1.00 bits per heavy atom. The topological polar surface area (TPSA) is 79.0 Å². The van der Waals surface area contributed by atoms with Gasteiger partial charge in [0.15, 0.2) is 0 Å². The Hall–Kier alpha value is -3.19. The van der Waals surface area contributed by atoms with Crippen molar-refractivity contribution in [1.29, 1.82) is 0 Å². The van der Waals surface area contributed by atoms with E-state index in [1.54, 1.807) is 24.3 Å². The van der Waals surface area contributed by atoms with Gasteiger partial charge in [-0.3, -0.25) is 14.5 Å². The van der Waals surface area contributed by atoms with Crippen LogP contribution in [-0.2, 0) is 27.3 Å². The number of hydrogen-bond acceptors (Lipinski definition) is 5. The fourth-order valence-electron chi connectivity index (χ4n) is 3.82. The van der Waals surface area contributed by atoms with Crippen LogP contribution in [0.3, 0.4) is 0 Å². The second-order valence-corrected chi connectivity index (χ2v) is 8.10. The van der Waals surface area contributed by atoms with E-state index >= 15 is 0 Å². The van der Waals surface area contributed by atoms with Crippen LogP contribution in [0.1, 0.15) is 34.0 Å². The fourth-order valence-corrected chi connectivity index (χ4v) is 3.82. The second kappa shape index (κ2) is 10.9. The molecule has 1 aliphatic rings. The lowest BCUT2D eigenvalue weighted by Crippen LogP contribution is -2.55. The van der Waals surface area contributed by atoms with E-state index in [2.05, 4.69) is 10.2 Å². The van der Waals surface area contributed by atoms with Gasteiger partial charge >= 0.3 is 5.97 Å². The molecule has 32 heavy (non-hydrogen) atoms. The molecule has 1 unspecified atom stereocenters. The van der Waals surface area contributed by atoms with E-state index < -0.39 is 0 Å². The first-order chi connectivity index (χ1) is 15.4. The molecule has 0 bridgehead atoms. The highest BCUT2D eigenvalue weighted by atomic mass is 16.5. The average Bonchev–Trinajstić information content (AvgIpc) is 2.83. The number of benzene rings is 2. The third-order valence-electron chi connectivity index (χ3n) is 6.04. The predicted octanol–water partition coefficient (Wildman–Crippen LogP) is 2.17. The van der Waals surface area contributed by atoms with Crippen molar-refractivity contribution in [3.63, 3.8) is 0 Å². The number of methoxy groups -OCH3 is 1. The Morgan fingerprint density at radius 3 is 2.28 bits per heavy atom. The highest BCUT2D eigenvalue weighted by molar-refractivity contribution is 5.89. The van der Waals surface area contributed by atoms with Crippen molar-refractivity contribution in [3.8, 4) is 0 Å². The van der Waals surface area contributed by atoms with Crippen LogP contribution in [0.2, 0.25) is 0 Å². The largest absolute Gasteiger partial charge is 0.465 e. The molecule has 0 radical (unpaired) electrons. The molecular formula is C25H31N3O4. The zero-order chi connectivity index (χ0) is 23.1. The number of amides is 2. The minimum absolute atomic E-state index is 0.0540. The van der Waals surface area contributed by atoms with Crippen molar-refractivity contribution >= 4 is 17.8 Å². The highest BCUT2D eigenvalue weighted by Gasteiger charge is 2.27. The van der Waals surface area contributed by atoms with Crippen molar-refractivity contribution in [3.05, 3.63) is 70.8 Å². The van der Waals surface area contributed by atoms with Gasteiger partial charge in [-0.25, -0.2) is 4.79 Å². The summed E-state index contributed by atoms with van der Waals surface area (Å²) < 4.78 is 4.69. The Labute approximate surface area is 189 Å². The SMILES string of the molecule is COC(=O)c1ccc(CNC(=O)C(C)N2CCN(C(=O)Cc3ccccc3C)CC2)cc1. The normalized spacial score (nSPS) is 15.2. The van der Waals surface area contributed by atoms with Crippen molar-refractivity contribution in [1.82, 2.24) is 15.1 Å². The van der Waals surface area contributed by atoms with E-state index in [1.165, 1.54) is 7.11 Å². The molecule has 2 aromatic rings. The maximum Gasteiger partial charge on any atom is 0.337 e. The average molecular weight is 438 g/mol. The fraction of sp³-hybridized carbons (Fsp3) is 0.400. The zero-order valence-electron chi connectivity index (χ0n) is 19.0. The molecular weight excluding hydrogens is 406 g/mol. The zero-order valence-corrected chi connectivity index (χ0v) is 19.0. The van der Waals surface area contributed by atoms with Crippen LogP contribution in [0.4, 0.5) is 0 Å². The van der Waals surface area contributed by atoms with E-state index in [0.717, 1.165) is 16.7 Å². The third-order valence-corrected chi connectivity index (χ3v) is 6.04. The molecule has 7 heteroatoms. The lowest BCUT2D eigenvalue weighted by atomic mass is 10.0. The number of piperazine rings is 1. The summed E-state index contributed by atoms with van der Waals surface area (Å²) in [6.45, 7) is 6.88. The van der Waals surface area contributed by atoms with Crippen molar-refractivity contribution in [2.75, 3.05) is 33.3 Å². The predicted molar refractivity (Wildman–Crippen MR) is 122 cm³/mol. The summed E-state index contributed by atoms with van der Waals surface area (Å²) in [6, 6.07) is 14.7. The number of nitrogens with zero attached hydrogens (tertiary/aromatic N) is 2. The highest BCUT2D eigenvalue weighted by Crippen LogP contribution is 2.13. The monoisotopic (exact) mass is 437 g/mol. The molecule has 0 aliphatic carbocycles. The summed E-state index contributed by atoms with van der Waals surface area (Å²) in [5.41, 5.74) is 3.58. The molecule has 3 rings (SSSR count). The summed E-state index contributed by atoms with van der Waals surface area (Å²) in [4.78, 5) is 40.8. The van der Waals surface area contributed by atoms with Crippen molar-refractivity contribution in [2.24, 2.45) is 0 Å². The van der Waals surface area contributed by atoms with Gasteiger partial charge in [-0.1, -0.05) is 36.4 Å². The minimum Gasteiger partial charge on any atom is -0.465 e. The van der Waals surface area contributed by atoms with Crippen LogP contribution in [-0.4, -0.2) is 66.9 Å². The van der Waals surface area contributed by atoms with Crippen LogP contribution >= 0.6 is 0 Å². The number of carbonyl (C=O) groups is 3. The van der Waals surface area contributed by atoms with E-state index in [0.29, 0.717) is 44.7 Å². The molecule has 1 N–H and O–H groups in total. The molecule has 7 nitrogen and oxygen atoms in total. The van der Waals surface area contributed by atoms with Gasteiger partial charge in [0.2, 0.25) is 11.8 Å². The van der Waals surface area contributed by atoms with Gasteiger partial charge in [0, 0.05) is 32.7 Å². The number of ether oxygens (including phenoxy) is 1. The summed E-state index contributed by atoms with van der Waals surface area (Å²) in [6.07, 6.45) is 0.414. The standard InChI is InChI=1S/C25H31N3O4/c1-18-6-4-5-7-22(18)16-23(29)28-14-12-27(13-15-28)19(2)24(30)26-17-20-8-10-21(11-9-20)25(31)32-3/h4-11,19H,12-17H2,1-3H3,(H,26,30). The van der Waals surface area contributed by atoms with Crippen molar-refractivity contribution in [2.45, 2.75) is 32.9 Å².